The Balaban J connectivity index is 1.60. The predicted molar refractivity (Wildman–Crippen MR) is 107 cm³/mol. The monoisotopic (exact) mass is 405 g/mol. The molecule has 1 N–H and O–H groups in total. The molecule has 7 nitrogen and oxygen atoms in total. The second-order valence-electron chi connectivity index (χ2n) is 7.28. The van der Waals surface area contributed by atoms with Crippen LogP contribution in [-0.2, 0) is 19.6 Å². The van der Waals surface area contributed by atoms with Gasteiger partial charge in [-0.25, -0.2) is 8.42 Å². The number of benzene rings is 1. The first-order chi connectivity index (χ1) is 13.4. The van der Waals surface area contributed by atoms with Crippen LogP contribution in [0, 0.1) is 5.92 Å². The summed E-state index contributed by atoms with van der Waals surface area (Å²) < 4.78 is 27.2. The van der Waals surface area contributed by atoms with E-state index in [-0.39, 0.29) is 22.6 Å². The number of hydrogen-bond acceptors (Lipinski definition) is 4. The maximum atomic E-state index is 12.9. The maximum Gasteiger partial charge on any atom is 0.247 e. The second kappa shape index (κ2) is 8.87. The van der Waals surface area contributed by atoms with Crippen LogP contribution in [0.5, 0.6) is 0 Å². The summed E-state index contributed by atoms with van der Waals surface area (Å²) in [5.41, 5.74) is 0.509. The van der Waals surface area contributed by atoms with Crippen LogP contribution in [0.1, 0.15) is 32.1 Å². The maximum absolute atomic E-state index is 12.9. The molecule has 0 bridgehead atoms. The lowest BCUT2D eigenvalue weighted by molar-refractivity contribution is -0.137. The Bertz CT molecular complexity index is 822. The molecular weight excluding hydrogens is 378 g/mol. The summed E-state index contributed by atoms with van der Waals surface area (Å²) >= 11 is 0. The molecule has 2 saturated heterocycles. The topological polar surface area (TPSA) is 86.8 Å². The lowest BCUT2D eigenvalue weighted by Crippen LogP contribution is -2.45. The number of rotatable bonds is 5. The predicted octanol–water partition coefficient (Wildman–Crippen LogP) is 2.22. The molecular formula is C20H27N3O4S. The molecule has 28 heavy (non-hydrogen) atoms. The average molecular weight is 406 g/mol. The van der Waals surface area contributed by atoms with Gasteiger partial charge in [-0.05, 0) is 62.4 Å². The molecule has 8 heteroatoms. The molecule has 2 amide bonds. The fourth-order valence-electron chi connectivity index (χ4n) is 3.77. The molecule has 152 valence electrons. The number of hydrogen-bond donors (Lipinski definition) is 1. The lowest BCUT2D eigenvalue weighted by atomic mass is 9.95. The van der Waals surface area contributed by atoms with Crippen LogP contribution < -0.4 is 5.32 Å². The minimum absolute atomic E-state index is 0.0824. The molecule has 0 aliphatic carbocycles. The first-order valence-corrected chi connectivity index (χ1v) is 11.2. The number of nitrogens with one attached hydrogen (secondary N) is 1. The van der Waals surface area contributed by atoms with Gasteiger partial charge in [-0.2, -0.15) is 4.31 Å². The Kier molecular flexibility index (Phi) is 6.51. The van der Waals surface area contributed by atoms with E-state index in [0.29, 0.717) is 31.6 Å². The molecule has 2 aliphatic heterocycles. The fraction of sp³-hybridized carbons (Fsp3) is 0.500. The number of amides is 2. The highest BCUT2D eigenvalue weighted by Gasteiger charge is 2.34. The third-order valence-electron chi connectivity index (χ3n) is 5.42. The zero-order valence-electron chi connectivity index (χ0n) is 16.0. The van der Waals surface area contributed by atoms with Crippen molar-refractivity contribution < 1.29 is 18.0 Å². The summed E-state index contributed by atoms with van der Waals surface area (Å²) in [7, 11) is -3.61. The van der Waals surface area contributed by atoms with Crippen molar-refractivity contribution >= 4 is 27.5 Å². The highest BCUT2D eigenvalue weighted by atomic mass is 32.2. The Morgan fingerprint density at radius 1 is 1.00 bits per heavy atom. The van der Waals surface area contributed by atoms with Gasteiger partial charge >= 0.3 is 0 Å². The molecule has 0 spiro atoms. The number of carbonyl (C=O) groups excluding carboxylic acids is 2. The summed E-state index contributed by atoms with van der Waals surface area (Å²) in [5.74, 6) is -0.254. The van der Waals surface area contributed by atoms with Gasteiger partial charge in [0, 0.05) is 37.8 Å². The third kappa shape index (κ3) is 4.62. The Labute approximate surface area is 166 Å². The largest absolute Gasteiger partial charge is 0.342 e. The molecule has 0 aromatic heterocycles. The zero-order valence-corrected chi connectivity index (χ0v) is 16.8. The van der Waals surface area contributed by atoms with Gasteiger partial charge in [0.25, 0.3) is 0 Å². The SMILES string of the molecule is C=CC(=O)Nc1ccc(S(=O)(=O)N2CCC(C(=O)N3CCCCC3)CC2)cc1. The van der Waals surface area contributed by atoms with Crippen molar-refractivity contribution in [1.82, 2.24) is 9.21 Å². The first-order valence-electron chi connectivity index (χ1n) is 9.74. The van der Waals surface area contributed by atoms with Crippen molar-refractivity contribution in [3.8, 4) is 0 Å². The minimum Gasteiger partial charge on any atom is -0.342 e. The molecule has 1 aromatic carbocycles. The average Bonchev–Trinajstić information content (AvgIpc) is 2.74. The number of nitrogens with zero attached hydrogens (tertiary/aromatic N) is 2. The highest BCUT2D eigenvalue weighted by molar-refractivity contribution is 7.89. The molecule has 2 fully saturated rings. The van der Waals surface area contributed by atoms with E-state index >= 15 is 0 Å². The van der Waals surface area contributed by atoms with E-state index in [1.165, 1.54) is 22.9 Å². The van der Waals surface area contributed by atoms with Crippen molar-refractivity contribution in [3.63, 3.8) is 0 Å². The second-order valence-corrected chi connectivity index (χ2v) is 9.22. The number of carbonyl (C=O) groups is 2. The third-order valence-corrected chi connectivity index (χ3v) is 7.33. The van der Waals surface area contributed by atoms with E-state index in [1.807, 2.05) is 4.90 Å². The van der Waals surface area contributed by atoms with Gasteiger partial charge < -0.3 is 10.2 Å². The van der Waals surface area contributed by atoms with Gasteiger partial charge in [-0.1, -0.05) is 6.58 Å². The van der Waals surface area contributed by atoms with Gasteiger partial charge in [0.2, 0.25) is 21.8 Å². The van der Waals surface area contributed by atoms with Crippen LogP contribution in [0.3, 0.4) is 0 Å². The van der Waals surface area contributed by atoms with Crippen molar-refractivity contribution in [2.45, 2.75) is 37.0 Å². The number of piperidine rings is 2. The van der Waals surface area contributed by atoms with Crippen LogP contribution in [0.2, 0.25) is 0 Å². The van der Waals surface area contributed by atoms with Crippen LogP contribution in [0.25, 0.3) is 0 Å². The van der Waals surface area contributed by atoms with Crippen molar-refractivity contribution in [3.05, 3.63) is 36.9 Å². The minimum atomic E-state index is -3.61. The molecule has 2 heterocycles. The quantitative estimate of drug-likeness (QED) is 0.761. The fourth-order valence-corrected chi connectivity index (χ4v) is 5.24. The summed E-state index contributed by atoms with van der Waals surface area (Å²) in [6.45, 7) is 5.73. The molecule has 0 radical (unpaired) electrons. The number of anilines is 1. The van der Waals surface area contributed by atoms with Crippen molar-refractivity contribution in [1.29, 1.82) is 0 Å². The van der Waals surface area contributed by atoms with E-state index in [2.05, 4.69) is 11.9 Å². The normalized spacial score (nSPS) is 19.2. The lowest BCUT2D eigenvalue weighted by Gasteiger charge is -2.35. The first kappa shape index (κ1) is 20.5. The van der Waals surface area contributed by atoms with Crippen molar-refractivity contribution in [2.24, 2.45) is 5.92 Å². The Morgan fingerprint density at radius 3 is 2.18 bits per heavy atom. The molecule has 2 aliphatic rings. The van der Waals surface area contributed by atoms with E-state index < -0.39 is 10.0 Å². The van der Waals surface area contributed by atoms with Gasteiger partial charge in [0.05, 0.1) is 4.90 Å². The molecule has 0 saturated carbocycles. The highest BCUT2D eigenvalue weighted by Crippen LogP contribution is 2.26. The smallest absolute Gasteiger partial charge is 0.247 e. The Morgan fingerprint density at radius 2 is 1.61 bits per heavy atom. The van der Waals surface area contributed by atoms with Gasteiger partial charge in [-0.15, -0.1) is 0 Å². The van der Waals surface area contributed by atoms with E-state index in [0.717, 1.165) is 32.0 Å². The van der Waals surface area contributed by atoms with E-state index in [9.17, 15) is 18.0 Å². The standard InChI is InChI=1S/C20H27N3O4S/c1-2-19(24)21-17-6-8-18(9-7-17)28(26,27)23-14-10-16(11-15-23)20(25)22-12-4-3-5-13-22/h2,6-9,16H,1,3-5,10-15H2,(H,21,24). The number of likely N-dealkylation sites (tertiary alicyclic amines) is 1. The number of sulfonamides is 1. The van der Waals surface area contributed by atoms with Crippen LogP contribution in [0.15, 0.2) is 41.8 Å². The van der Waals surface area contributed by atoms with Gasteiger partial charge in [-0.3, -0.25) is 9.59 Å². The summed E-state index contributed by atoms with van der Waals surface area (Å²) in [6.07, 6.45) is 5.56. The summed E-state index contributed by atoms with van der Waals surface area (Å²) in [4.78, 5) is 26.1. The summed E-state index contributed by atoms with van der Waals surface area (Å²) in [5, 5.41) is 2.59. The van der Waals surface area contributed by atoms with E-state index in [4.69, 9.17) is 0 Å². The molecule has 3 rings (SSSR count). The van der Waals surface area contributed by atoms with Crippen LogP contribution in [0.4, 0.5) is 5.69 Å². The van der Waals surface area contributed by atoms with Gasteiger partial charge in [0.15, 0.2) is 0 Å². The zero-order chi connectivity index (χ0) is 20.1. The van der Waals surface area contributed by atoms with Crippen molar-refractivity contribution in [2.75, 3.05) is 31.5 Å². The molecule has 1 aromatic rings. The van der Waals surface area contributed by atoms with Crippen LogP contribution >= 0.6 is 0 Å². The molecule has 0 unspecified atom stereocenters. The van der Waals surface area contributed by atoms with Crippen LogP contribution in [-0.4, -0.2) is 55.6 Å². The molecule has 0 atom stereocenters. The Hall–Kier alpha value is -2.19. The van der Waals surface area contributed by atoms with E-state index in [1.54, 1.807) is 12.1 Å². The van der Waals surface area contributed by atoms with Gasteiger partial charge in [0.1, 0.15) is 0 Å². The summed E-state index contributed by atoms with van der Waals surface area (Å²) in [6, 6.07) is 6.08.